The number of thiophene rings is 1. The SMILES string of the molecule is COc1cc(C)cc2cc(-c3cc(CN4CCC(CO)CC4)n4ncnc(N)c34)sc12. The molecule has 0 bridgehead atoms. The number of aliphatic hydroxyl groups is 1. The van der Waals surface area contributed by atoms with Crippen LogP contribution in [0.25, 0.3) is 26.0 Å². The third-order valence-electron chi connectivity index (χ3n) is 6.22. The van der Waals surface area contributed by atoms with Crippen molar-refractivity contribution in [3.05, 3.63) is 41.9 Å². The van der Waals surface area contributed by atoms with Crippen molar-refractivity contribution in [1.29, 1.82) is 0 Å². The van der Waals surface area contributed by atoms with Gasteiger partial charge in [0.1, 0.15) is 17.6 Å². The molecule has 0 unspecified atom stereocenters. The first kappa shape index (κ1) is 20.2. The van der Waals surface area contributed by atoms with Gasteiger partial charge in [0.15, 0.2) is 5.82 Å². The average Bonchev–Trinajstić information content (AvgIpc) is 3.36. The zero-order chi connectivity index (χ0) is 21.5. The fourth-order valence-electron chi connectivity index (χ4n) is 4.54. The molecule has 1 aromatic carbocycles. The van der Waals surface area contributed by atoms with E-state index in [1.165, 1.54) is 17.3 Å². The molecule has 0 saturated carbocycles. The molecule has 0 atom stereocenters. The number of benzene rings is 1. The molecular formula is C23H27N5O2S. The molecule has 4 aromatic rings. The van der Waals surface area contributed by atoms with Gasteiger partial charge >= 0.3 is 0 Å². The number of methoxy groups -OCH3 is 1. The van der Waals surface area contributed by atoms with Crippen LogP contribution in [-0.4, -0.2) is 51.4 Å². The maximum absolute atomic E-state index is 9.42. The second-order valence-corrected chi connectivity index (χ2v) is 9.41. The highest BCUT2D eigenvalue weighted by molar-refractivity contribution is 7.22. The number of hydrogen-bond donors (Lipinski definition) is 2. The third-order valence-corrected chi connectivity index (χ3v) is 7.42. The summed E-state index contributed by atoms with van der Waals surface area (Å²) in [5.74, 6) is 1.80. The lowest BCUT2D eigenvalue weighted by Crippen LogP contribution is -2.34. The van der Waals surface area contributed by atoms with E-state index >= 15 is 0 Å². The summed E-state index contributed by atoms with van der Waals surface area (Å²) in [5, 5.41) is 15.1. The Morgan fingerprint density at radius 1 is 1.23 bits per heavy atom. The Balaban J connectivity index is 1.58. The number of piperidine rings is 1. The van der Waals surface area contributed by atoms with Gasteiger partial charge in [-0.3, -0.25) is 4.90 Å². The number of nitrogen functional groups attached to an aromatic ring is 1. The van der Waals surface area contributed by atoms with Crippen molar-refractivity contribution < 1.29 is 9.84 Å². The summed E-state index contributed by atoms with van der Waals surface area (Å²) in [7, 11) is 1.71. The lowest BCUT2D eigenvalue weighted by molar-refractivity contribution is 0.126. The lowest BCUT2D eigenvalue weighted by atomic mass is 9.98. The number of nitrogens with two attached hydrogens (primary N) is 1. The van der Waals surface area contributed by atoms with Crippen LogP contribution in [0.4, 0.5) is 5.82 Å². The van der Waals surface area contributed by atoms with Gasteiger partial charge in [0.05, 0.1) is 17.5 Å². The van der Waals surface area contributed by atoms with Crippen molar-refractivity contribution in [3.63, 3.8) is 0 Å². The molecule has 31 heavy (non-hydrogen) atoms. The van der Waals surface area contributed by atoms with Crippen LogP contribution in [0.15, 0.2) is 30.6 Å². The molecule has 3 N–H and O–H groups in total. The number of aryl methyl sites for hydroxylation is 1. The van der Waals surface area contributed by atoms with Crippen molar-refractivity contribution in [1.82, 2.24) is 19.5 Å². The molecule has 0 aliphatic carbocycles. The van der Waals surface area contributed by atoms with E-state index in [9.17, 15) is 5.11 Å². The van der Waals surface area contributed by atoms with Crippen LogP contribution in [0.3, 0.4) is 0 Å². The Morgan fingerprint density at radius 2 is 2.03 bits per heavy atom. The van der Waals surface area contributed by atoms with Crippen molar-refractivity contribution >= 4 is 32.8 Å². The molecule has 7 nitrogen and oxygen atoms in total. The molecule has 1 saturated heterocycles. The minimum Gasteiger partial charge on any atom is -0.495 e. The second kappa shape index (κ2) is 8.11. The molecule has 1 aliphatic rings. The highest BCUT2D eigenvalue weighted by atomic mass is 32.1. The normalized spacial score (nSPS) is 15.8. The van der Waals surface area contributed by atoms with Crippen molar-refractivity contribution in [2.24, 2.45) is 5.92 Å². The van der Waals surface area contributed by atoms with Crippen LogP contribution in [0.5, 0.6) is 5.75 Å². The van der Waals surface area contributed by atoms with Crippen molar-refractivity contribution in [3.8, 4) is 16.2 Å². The van der Waals surface area contributed by atoms with Gasteiger partial charge in [-0.1, -0.05) is 6.07 Å². The molecule has 8 heteroatoms. The Hall–Kier alpha value is -2.68. The largest absolute Gasteiger partial charge is 0.495 e. The number of anilines is 1. The quantitative estimate of drug-likeness (QED) is 0.495. The molecule has 1 aliphatic heterocycles. The number of aliphatic hydroxyl groups excluding tert-OH is 1. The van der Waals surface area contributed by atoms with Gasteiger partial charge in [0, 0.05) is 23.6 Å². The van der Waals surface area contributed by atoms with Crippen LogP contribution in [0.1, 0.15) is 24.1 Å². The van der Waals surface area contributed by atoms with E-state index in [1.807, 2.05) is 4.52 Å². The van der Waals surface area contributed by atoms with E-state index in [4.69, 9.17) is 10.5 Å². The number of hydrogen-bond acceptors (Lipinski definition) is 7. The van der Waals surface area contributed by atoms with Gasteiger partial charge < -0.3 is 15.6 Å². The first-order valence-electron chi connectivity index (χ1n) is 10.6. The van der Waals surface area contributed by atoms with Crippen molar-refractivity contribution in [2.45, 2.75) is 26.3 Å². The Morgan fingerprint density at radius 3 is 2.77 bits per heavy atom. The lowest BCUT2D eigenvalue weighted by Gasteiger charge is -2.30. The molecule has 0 radical (unpaired) electrons. The fraction of sp³-hybridized carbons (Fsp3) is 0.391. The van der Waals surface area contributed by atoms with Crippen LogP contribution in [0, 0.1) is 12.8 Å². The van der Waals surface area contributed by atoms with Gasteiger partial charge in [-0.05, 0) is 67.9 Å². The van der Waals surface area contributed by atoms with Gasteiger partial charge in [0.25, 0.3) is 0 Å². The first-order chi connectivity index (χ1) is 15.1. The highest BCUT2D eigenvalue weighted by Gasteiger charge is 2.22. The molecule has 0 spiro atoms. The van der Waals surface area contributed by atoms with E-state index in [2.05, 4.69) is 46.2 Å². The summed E-state index contributed by atoms with van der Waals surface area (Å²) < 4.78 is 8.69. The van der Waals surface area contributed by atoms with Crippen molar-refractivity contribution in [2.75, 3.05) is 32.5 Å². The maximum atomic E-state index is 9.42. The first-order valence-corrected chi connectivity index (χ1v) is 11.4. The van der Waals surface area contributed by atoms with E-state index in [0.717, 1.165) is 64.6 Å². The minimum atomic E-state index is 0.282. The Kier molecular flexibility index (Phi) is 5.29. The standard InChI is InChI=1S/C23H27N5O2S/c1-14-7-16-9-20(31-22(16)19(8-14)30-2)18-10-17(28-21(18)23(24)25-13-26-28)11-27-5-3-15(12-29)4-6-27/h7-10,13,15,29H,3-6,11-12H2,1-2H3,(H2,24,25,26). The number of likely N-dealkylation sites (tertiary alicyclic amines) is 1. The van der Waals surface area contributed by atoms with Crippen LogP contribution < -0.4 is 10.5 Å². The number of nitrogens with zero attached hydrogens (tertiary/aromatic N) is 4. The zero-order valence-corrected chi connectivity index (χ0v) is 18.7. The van der Waals surface area contributed by atoms with Crippen LogP contribution >= 0.6 is 11.3 Å². The zero-order valence-electron chi connectivity index (χ0n) is 17.8. The molecule has 0 amide bonds. The summed E-state index contributed by atoms with van der Waals surface area (Å²) in [5.41, 5.74) is 10.5. The molecule has 3 aromatic heterocycles. The predicted molar refractivity (Wildman–Crippen MR) is 125 cm³/mol. The Labute approximate surface area is 185 Å². The molecule has 162 valence electrons. The predicted octanol–water partition coefficient (Wildman–Crippen LogP) is 3.71. The van der Waals surface area contributed by atoms with Gasteiger partial charge in [-0.2, -0.15) is 5.10 Å². The number of aromatic nitrogens is 3. The topological polar surface area (TPSA) is 88.9 Å². The molecular weight excluding hydrogens is 410 g/mol. The summed E-state index contributed by atoms with van der Waals surface area (Å²) in [6.07, 6.45) is 3.57. The monoisotopic (exact) mass is 437 g/mol. The van der Waals surface area contributed by atoms with Gasteiger partial charge in [-0.15, -0.1) is 11.3 Å². The van der Waals surface area contributed by atoms with Crippen LogP contribution in [0.2, 0.25) is 0 Å². The summed E-state index contributed by atoms with van der Waals surface area (Å²) in [4.78, 5) is 7.81. The highest BCUT2D eigenvalue weighted by Crippen LogP contribution is 2.42. The minimum absolute atomic E-state index is 0.282. The summed E-state index contributed by atoms with van der Waals surface area (Å²) in [6.45, 7) is 5.12. The van der Waals surface area contributed by atoms with E-state index in [1.54, 1.807) is 18.4 Å². The molecule has 1 fully saturated rings. The van der Waals surface area contributed by atoms with Crippen LogP contribution in [-0.2, 0) is 6.54 Å². The third kappa shape index (κ3) is 3.64. The fourth-order valence-corrected chi connectivity index (χ4v) is 5.69. The summed E-state index contributed by atoms with van der Waals surface area (Å²) in [6, 6.07) is 8.65. The van der Waals surface area contributed by atoms with E-state index in [0.29, 0.717) is 11.7 Å². The number of rotatable bonds is 5. The summed E-state index contributed by atoms with van der Waals surface area (Å²) >= 11 is 1.71. The Bertz CT molecular complexity index is 1240. The number of ether oxygens (including phenoxy) is 1. The van der Waals surface area contributed by atoms with E-state index in [-0.39, 0.29) is 6.61 Å². The van der Waals surface area contributed by atoms with E-state index < -0.39 is 0 Å². The number of fused-ring (bicyclic) bond motifs is 2. The maximum Gasteiger partial charge on any atom is 0.152 e. The second-order valence-electron chi connectivity index (χ2n) is 8.35. The van der Waals surface area contributed by atoms with Gasteiger partial charge in [0.2, 0.25) is 0 Å². The molecule has 4 heterocycles. The average molecular weight is 438 g/mol. The molecule has 5 rings (SSSR count). The van der Waals surface area contributed by atoms with Gasteiger partial charge in [-0.25, -0.2) is 9.50 Å². The smallest absolute Gasteiger partial charge is 0.152 e.